The topological polar surface area (TPSA) is 66.3 Å². The molecule has 0 aliphatic rings. The minimum absolute atomic E-state index is 0.184. The lowest BCUT2D eigenvalue weighted by Gasteiger charge is -2.17. The highest BCUT2D eigenvalue weighted by molar-refractivity contribution is 7.17. The molecule has 0 aromatic carbocycles. The molecule has 0 amide bonds. The number of rotatable bonds is 5. The van der Waals surface area contributed by atoms with Crippen molar-refractivity contribution < 1.29 is 9.90 Å². The minimum Gasteiger partial charge on any atom is -0.481 e. The molecule has 2 aromatic heterocycles. The summed E-state index contributed by atoms with van der Waals surface area (Å²) in [7, 11) is 1.92. The van der Waals surface area contributed by atoms with Crippen LogP contribution >= 0.6 is 11.3 Å². The first-order valence-corrected chi connectivity index (χ1v) is 6.17. The zero-order valence-corrected chi connectivity index (χ0v) is 10.3. The van der Waals surface area contributed by atoms with Crippen LogP contribution in [0.5, 0.6) is 0 Å². The Hall–Kier alpha value is -1.69. The second-order valence-corrected chi connectivity index (χ2v) is 4.67. The summed E-state index contributed by atoms with van der Waals surface area (Å²) in [5.41, 5.74) is 0.935. The molecule has 2 rings (SSSR count). The van der Waals surface area contributed by atoms with Gasteiger partial charge in [-0.2, -0.15) is 0 Å². The van der Waals surface area contributed by atoms with Crippen LogP contribution in [0, 0.1) is 0 Å². The van der Waals surface area contributed by atoms with Crippen LogP contribution in [0.25, 0.3) is 10.2 Å². The van der Waals surface area contributed by atoms with E-state index in [9.17, 15) is 4.79 Å². The van der Waals surface area contributed by atoms with Crippen molar-refractivity contribution in [3.05, 3.63) is 17.8 Å². The number of nitrogens with zero attached hydrogens (tertiary/aromatic N) is 3. The number of carboxylic acids is 1. The average molecular weight is 251 g/mol. The summed E-state index contributed by atoms with van der Waals surface area (Å²) in [6, 6.07) is 1.95. The molecule has 0 saturated heterocycles. The maximum atomic E-state index is 10.4. The van der Waals surface area contributed by atoms with E-state index in [0.717, 1.165) is 16.0 Å². The maximum Gasteiger partial charge on any atom is 0.303 e. The van der Waals surface area contributed by atoms with Crippen molar-refractivity contribution in [2.24, 2.45) is 0 Å². The fourth-order valence-corrected chi connectivity index (χ4v) is 2.51. The quantitative estimate of drug-likeness (QED) is 0.880. The van der Waals surface area contributed by atoms with Gasteiger partial charge in [0, 0.05) is 20.0 Å². The van der Waals surface area contributed by atoms with E-state index < -0.39 is 5.97 Å². The van der Waals surface area contributed by atoms with Gasteiger partial charge in [-0.25, -0.2) is 9.97 Å². The molecule has 2 heterocycles. The van der Waals surface area contributed by atoms with Gasteiger partial charge in [0.2, 0.25) is 0 Å². The van der Waals surface area contributed by atoms with E-state index in [0.29, 0.717) is 13.0 Å². The third-order valence-corrected chi connectivity index (χ3v) is 3.37. The van der Waals surface area contributed by atoms with Crippen molar-refractivity contribution in [1.82, 2.24) is 9.97 Å². The number of thiophene rings is 1. The Kier molecular flexibility index (Phi) is 3.53. The van der Waals surface area contributed by atoms with Gasteiger partial charge in [-0.3, -0.25) is 4.79 Å². The number of aliphatic carboxylic acids is 1. The zero-order valence-electron chi connectivity index (χ0n) is 9.46. The Morgan fingerprint density at radius 2 is 2.35 bits per heavy atom. The number of carboxylic acid groups (broad SMARTS) is 1. The lowest BCUT2D eigenvalue weighted by Crippen LogP contribution is -2.20. The summed E-state index contributed by atoms with van der Waals surface area (Å²) in [4.78, 5) is 20.8. The van der Waals surface area contributed by atoms with E-state index in [1.165, 1.54) is 6.33 Å². The van der Waals surface area contributed by atoms with E-state index in [-0.39, 0.29) is 6.42 Å². The highest BCUT2D eigenvalue weighted by Gasteiger charge is 2.09. The van der Waals surface area contributed by atoms with E-state index in [2.05, 4.69) is 9.97 Å². The third kappa shape index (κ3) is 2.71. The molecule has 5 nitrogen and oxygen atoms in total. The molecule has 0 unspecified atom stereocenters. The van der Waals surface area contributed by atoms with Crippen LogP contribution in [0.3, 0.4) is 0 Å². The minimum atomic E-state index is -0.762. The Bertz CT molecular complexity index is 526. The van der Waals surface area contributed by atoms with Gasteiger partial charge in [0.1, 0.15) is 12.1 Å². The first kappa shape index (κ1) is 11.8. The van der Waals surface area contributed by atoms with Gasteiger partial charge >= 0.3 is 5.97 Å². The van der Waals surface area contributed by atoms with Crippen LogP contribution in [-0.4, -0.2) is 34.6 Å². The van der Waals surface area contributed by atoms with Gasteiger partial charge in [-0.15, -0.1) is 11.3 Å². The van der Waals surface area contributed by atoms with Crippen LogP contribution in [0.2, 0.25) is 0 Å². The zero-order chi connectivity index (χ0) is 12.3. The van der Waals surface area contributed by atoms with Crippen LogP contribution in [-0.2, 0) is 4.79 Å². The van der Waals surface area contributed by atoms with E-state index in [1.54, 1.807) is 11.3 Å². The van der Waals surface area contributed by atoms with Crippen molar-refractivity contribution in [3.63, 3.8) is 0 Å². The van der Waals surface area contributed by atoms with Crippen LogP contribution in [0.15, 0.2) is 17.8 Å². The van der Waals surface area contributed by atoms with E-state index >= 15 is 0 Å². The summed E-state index contributed by atoms with van der Waals surface area (Å²) in [5, 5.41) is 10.6. The van der Waals surface area contributed by atoms with E-state index in [4.69, 9.17) is 5.11 Å². The van der Waals surface area contributed by atoms with Crippen molar-refractivity contribution in [2.45, 2.75) is 12.8 Å². The van der Waals surface area contributed by atoms with Crippen molar-refractivity contribution in [1.29, 1.82) is 0 Å². The molecule has 0 fully saturated rings. The summed E-state index contributed by atoms with van der Waals surface area (Å²) in [5.74, 6) is 0.109. The second kappa shape index (κ2) is 5.09. The summed E-state index contributed by atoms with van der Waals surface area (Å²) in [6.45, 7) is 0.677. The molecule has 0 aliphatic heterocycles. The van der Waals surface area contributed by atoms with Crippen LogP contribution in [0.1, 0.15) is 12.8 Å². The third-order valence-electron chi connectivity index (χ3n) is 2.47. The molecule has 6 heteroatoms. The lowest BCUT2D eigenvalue weighted by molar-refractivity contribution is -0.137. The van der Waals surface area contributed by atoms with E-state index in [1.807, 2.05) is 23.4 Å². The van der Waals surface area contributed by atoms with Gasteiger partial charge in [-0.05, 0) is 17.9 Å². The van der Waals surface area contributed by atoms with Gasteiger partial charge in [0.05, 0.1) is 10.2 Å². The summed E-state index contributed by atoms with van der Waals surface area (Å²) >= 11 is 1.60. The Morgan fingerprint density at radius 3 is 3.12 bits per heavy atom. The van der Waals surface area contributed by atoms with Gasteiger partial charge in [-0.1, -0.05) is 0 Å². The molecule has 17 heavy (non-hydrogen) atoms. The Balaban J connectivity index is 2.10. The molecule has 0 spiro atoms. The maximum absolute atomic E-state index is 10.4. The van der Waals surface area contributed by atoms with Crippen LogP contribution < -0.4 is 4.90 Å². The molecule has 90 valence electrons. The molecule has 0 bridgehead atoms. The van der Waals surface area contributed by atoms with Gasteiger partial charge in [0.15, 0.2) is 0 Å². The van der Waals surface area contributed by atoms with Crippen molar-refractivity contribution in [3.8, 4) is 0 Å². The first-order valence-electron chi connectivity index (χ1n) is 5.29. The largest absolute Gasteiger partial charge is 0.481 e. The SMILES string of the molecule is CN(CCCC(=O)O)c1ncnc2ccsc12. The summed E-state index contributed by atoms with van der Waals surface area (Å²) < 4.78 is 1.05. The predicted octanol–water partition coefficient (Wildman–Crippen LogP) is 1.99. The van der Waals surface area contributed by atoms with Crippen molar-refractivity contribution >= 4 is 33.3 Å². The number of hydrogen-bond acceptors (Lipinski definition) is 5. The lowest BCUT2D eigenvalue weighted by atomic mass is 10.3. The Morgan fingerprint density at radius 1 is 1.53 bits per heavy atom. The molecule has 1 N–H and O–H groups in total. The fourth-order valence-electron chi connectivity index (χ4n) is 1.62. The highest BCUT2D eigenvalue weighted by Crippen LogP contribution is 2.27. The first-order chi connectivity index (χ1) is 8.18. The smallest absolute Gasteiger partial charge is 0.303 e. The van der Waals surface area contributed by atoms with Crippen LogP contribution in [0.4, 0.5) is 5.82 Å². The van der Waals surface area contributed by atoms with Crippen molar-refractivity contribution in [2.75, 3.05) is 18.5 Å². The normalized spacial score (nSPS) is 10.6. The molecular weight excluding hydrogens is 238 g/mol. The average Bonchev–Trinajstić information content (AvgIpc) is 2.75. The number of aromatic nitrogens is 2. The number of hydrogen-bond donors (Lipinski definition) is 1. The molecule has 0 atom stereocenters. The van der Waals surface area contributed by atoms with Gasteiger partial charge < -0.3 is 10.0 Å². The highest BCUT2D eigenvalue weighted by atomic mass is 32.1. The number of fused-ring (bicyclic) bond motifs is 1. The van der Waals surface area contributed by atoms with Gasteiger partial charge in [0.25, 0.3) is 0 Å². The predicted molar refractivity (Wildman–Crippen MR) is 67.6 cm³/mol. The monoisotopic (exact) mass is 251 g/mol. The molecular formula is C11H13N3O2S. The number of carbonyl (C=O) groups is 1. The number of anilines is 1. The molecule has 2 aromatic rings. The summed E-state index contributed by atoms with van der Waals surface area (Å²) in [6.07, 6.45) is 2.34. The second-order valence-electron chi connectivity index (χ2n) is 3.75. The Labute approximate surface area is 103 Å². The molecule has 0 radical (unpaired) electrons. The molecule has 0 aliphatic carbocycles. The molecule has 0 saturated carbocycles. The fraction of sp³-hybridized carbons (Fsp3) is 0.364. The standard InChI is InChI=1S/C11H13N3O2S/c1-14(5-2-3-9(15)16)11-10-8(4-6-17-10)12-7-13-11/h4,6-7H,2-3,5H2,1H3,(H,15,16).